The molecule has 40 heavy (non-hydrogen) atoms. The second kappa shape index (κ2) is 11.8. The van der Waals surface area contributed by atoms with Gasteiger partial charge in [-0.15, -0.1) is 0 Å². The van der Waals surface area contributed by atoms with Crippen LogP contribution in [0, 0.1) is 0 Å². The zero-order valence-electron chi connectivity index (χ0n) is 23.6. The van der Waals surface area contributed by atoms with Gasteiger partial charge in [-0.3, -0.25) is 14.4 Å². The van der Waals surface area contributed by atoms with E-state index in [1.54, 1.807) is 30.6 Å². The fourth-order valence-corrected chi connectivity index (χ4v) is 6.80. The van der Waals surface area contributed by atoms with Gasteiger partial charge in [0, 0.05) is 24.2 Å². The third-order valence-electron chi connectivity index (χ3n) is 6.88. The van der Waals surface area contributed by atoms with E-state index in [-0.39, 0.29) is 18.0 Å². The van der Waals surface area contributed by atoms with Crippen LogP contribution in [0.1, 0.15) is 58.1 Å². The lowest BCUT2D eigenvalue weighted by Crippen LogP contribution is -2.40. The Bertz CT molecular complexity index is 1350. The molecule has 5 unspecified atom stereocenters. The van der Waals surface area contributed by atoms with Crippen molar-refractivity contribution in [1.29, 1.82) is 0 Å². The van der Waals surface area contributed by atoms with E-state index >= 15 is 0 Å². The number of fused-ring (bicyclic) bond motifs is 3. The normalized spacial score (nSPS) is 25.1. The second-order valence-electron chi connectivity index (χ2n) is 10.5. The molecule has 1 aromatic carbocycles. The first kappa shape index (κ1) is 28.5. The summed E-state index contributed by atoms with van der Waals surface area (Å²) in [5.74, 6) is 0.0350. The summed E-state index contributed by atoms with van der Waals surface area (Å²) in [5, 5.41) is 2.84. The standard InChI is InChI=1S/C27H36N7O5P/c1-7-28-16-37-40(34(17(2)3)18(4)5)39-22-21-26(38-27(22,6)13-36-21)33-15-31-20-23(29-14-30-24(20)33)32-25(35)19-11-9-8-10-12-19/h8-12,14-18,21-22,26H,7,13H2,1-6H3,(H,29,30,32,35)/b28-16+. The van der Waals surface area contributed by atoms with Gasteiger partial charge in [0.05, 0.1) is 12.9 Å². The molecule has 2 aliphatic rings. The van der Waals surface area contributed by atoms with Gasteiger partial charge in [-0.05, 0) is 53.7 Å². The Morgan fingerprint density at radius 3 is 2.70 bits per heavy atom. The molecule has 1 amide bonds. The molecule has 3 aromatic rings. The fourth-order valence-electron chi connectivity index (χ4n) is 5.09. The number of aliphatic imine (C=N–C) groups is 1. The average Bonchev–Trinajstić information content (AvgIpc) is 3.57. The van der Waals surface area contributed by atoms with Gasteiger partial charge in [0.1, 0.15) is 24.1 Å². The number of carbonyl (C=O) groups excluding carboxylic acids is 1. The van der Waals surface area contributed by atoms with Crippen molar-refractivity contribution in [2.24, 2.45) is 4.99 Å². The molecule has 2 aromatic heterocycles. The Hall–Kier alpha value is -3.02. The predicted molar refractivity (Wildman–Crippen MR) is 152 cm³/mol. The van der Waals surface area contributed by atoms with Crippen LogP contribution in [0.5, 0.6) is 0 Å². The van der Waals surface area contributed by atoms with Crippen LogP contribution in [-0.2, 0) is 18.5 Å². The highest BCUT2D eigenvalue weighted by atomic mass is 31.2. The SMILES string of the molecule is CC/N=C/OP(OC1C2OCC1(C)OC2n1cnc2c(NC(=O)c3ccccc3)ncnc21)N(C(C)C)C(C)C. The summed E-state index contributed by atoms with van der Waals surface area (Å²) in [6.07, 6.45) is 3.12. The molecule has 13 heteroatoms. The number of nitrogens with zero attached hydrogens (tertiary/aromatic N) is 6. The molecule has 0 radical (unpaired) electrons. The van der Waals surface area contributed by atoms with Gasteiger partial charge in [-0.1, -0.05) is 18.2 Å². The zero-order valence-corrected chi connectivity index (χ0v) is 24.5. The van der Waals surface area contributed by atoms with E-state index in [1.165, 1.54) is 12.7 Å². The first-order chi connectivity index (χ1) is 19.2. The van der Waals surface area contributed by atoms with Gasteiger partial charge in [0.15, 0.2) is 29.6 Å². The molecule has 0 aliphatic carbocycles. The van der Waals surface area contributed by atoms with Gasteiger partial charge in [-0.2, -0.15) is 0 Å². The number of imidazole rings is 1. The molecule has 12 nitrogen and oxygen atoms in total. The van der Waals surface area contributed by atoms with Crippen molar-refractivity contribution in [1.82, 2.24) is 24.2 Å². The van der Waals surface area contributed by atoms with Crippen LogP contribution < -0.4 is 5.32 Å². The number of rotatable bonds is 11. The number of benzene rings is 1. The summed E-state index contributed by atoms with van der Waals surface area (Å²) in [4.78, 5) is 30.3. The first-order valence-electron chi connectivity index (χ1n) is 13.5. The first-order valence-corrected chi connectivity index (χ1v) is 14.6. The van der Waals surface area contributed by atoms with E-state index < -0.39 is 32.6 Å². The maximum absolute atomic E-state index is 12.8. The van der Waals surface area contributed by atoms with Crippen LogP contribution in [-0.4, -0.2) is 79.5 Å². The quantitative estimate of drug-likeness (QED) is 0.201. The van der Waals surface area contributed by atoms with E-state index in [1.807, 2.05) is 24.5 Å². The molecule has 4 heterocycles. The molecule has 2 aliphatic heterocycles. The van der Waals surface area contributed by atoms with Crippen molar-refractivity contribution in [3.8, 4) is 0 Å². The number of anilines is 1. The summed E-state index contributed by atoms with van der Waals surface area (Å²) in [6, 6.07) is 9.31. The highest BCUT2D eigenvalue weighted by Crippen LogP contribution is 2.55. The van der Waals surface area contributed by atoms with Crippen molar-refractivity contribution < 1.29 is 23.3 Å². The van der Waals surface area contributed by atoms with Crippen molar-refractivity contribution in [2.75, 3.05) is 18.5 Å². The summed E-state index contributed by atoms with van der Waals surface area (Å²) < 4.78 is 29.6. The number of nitrogens with one attached hydrogen (secondary N) is 1. The smallest absolute Gasteiger partial charge is 0.322 e. The van der Waals surface area contributed by atoms with Gasteiger partial charge >= 0.3 is 8.53 Å². The minimum Gasteiger partial charge on any atom is -0.425 e. The number of amides is 1. The van der Waals surface area contributed by atoms with Crippen molar-refractivity contribution in [3.05, 3.63) is 48.5 Å². The topological polar surface area (TPSA) is 125 Å². The summed E-state index contributed by atoms with van der Waals surface area (Å²) in [5.41, 5.74) is 0.773. The number of hydrogen-bond acceptors (Lipinski definition) is 10. The molecule has 5 atom stereocenters. The Labute approximate surface area is 235 Å². The average molecular weight is 570 g/mol. The maximum atomic E-state index is 12.8. The lowest BCUT2D eigenvalue weighted by molar-refractivity contribution is -0.164. The van der Waals surface area contributed by atoms with E-state index in [9.17, 15) is 4.79 Å². The van der Waals surface area contributed by atoms with E-state index in [0.717, 1.165) is 0 Å². The highest BCUT2D eigenvalue weighted by molar-refractivity contribution is 7.45. The largest absolute Gasteiger partial charge is 0.425 e. The van der Waals surface area contributed by atoms with Gasteiger partial charge in [-0.25, -0.2) is 19.6 Å². The number of hydrogen-bond donors (Lipinski definition) is 1. The summed E-state index contributed by atoms with van der Waals surface area (Å²) >= 11 is 0. The van der Waals surface area contributed by atoms with E-state index in [2.05, 4.69) is 57.6 Å². The molecule has 2 saturated heterocycles. The van der Waals surface area contributed by atoms with Crippen LogP contribution in [0.15, 0.2) is 48.0 Å². The van der Waals surface area contributed by atoms with Crippen LogP contribution in [0.4, 0.5) is 5.82 Å². The molecular formula is C27H36N7O5P. The maximum Gasteiger partial charge on any atom is 0.322 e. The number of carbonyl (C=O) groups is 1. The molecule has 2 fully saturated rings. The number of ether oxygens (including phenoxy) is 2. The third kappa shape index (κ3) is 5.46. The van der Waals surface area contributed by atoms with Crippen molar-refractivity contribution in [3.63, 3.8) is 0 Å². The Balaban J connectivity index is 1.41. The molecule has 2 bridgehead atoms. The molecule has 5 rings (SSSR count). The Morgan fingerprint density at radius 2 is 2.00 bits per heavy atom. The summed E-state index contributed by atoms with van der Waals surface area (Å²) in [7, 11) is -1.49. The lowest BCUT2D eigenvalue weighted by atomic mass is 10.0. The summed E-state index contributed by atoms with van der Waals surface area (Å²) in [6.45, 7) is 13.4. The number of aromatic nitrogens is 4. The second-order valence-corrected chi connectivity index (χ2v) is 11.9. The van der Waals surface area contributed by atoms with E-state index in [0.29, 0.717) is 35.7 Å². The monoisotopic (exact) mass is 569 g/mol. The van der Waals surface area contributed by atoms with Crippen LogP contribution in [0.2, 0.25) is 0 Å². The van der Waals surface area contributed by atoms with Crippen LogP contribution in [0.3, 0.4) is 0 Å². The molecule has 0 saturated carbocycles. The van der Waals surface area contributed by atoms with Gasteiger partial charge < -0.3 is 23.8 Å². The minimum absolute atomic E-state index is 0.185. The molecule has 0 spiro atoms. The molecule has 1 N–H and O–H groups in total. The Morgan fingerprint density at radius 1 is 1.25 bits per heavy atom. The van der Waals surface area contributed by atoms with E-state index in [4.69, 9.17) is 18.5 Å². The lowest BCUT2D eigenvalue weighted by Gasteiger charge is -2.36. The van der Waals surface area contributed by atoms with Gasteiger partial charge in [0.2, 0.25) is 0 Å². The predicted octanol–water partition coefficient (Wildman–Crippen LogP) is 4.56. The third-order valence-corrected chi connectivity index (χ3v) is 8.86. The van der Waals surface area contributed by atoms with Crippen molar-refractivity contribution >= 4 is 37.8 Å². The molecular weight excluding hydrogens is 533 g/mol. The minimum atomic E-state index is -1.49. The van der Waals surface area contributed by atoms with Crippen molar-refractivity contribution in [2.45, 2.75) is 77.7 Å². The Kier molecular flexibility index (Phi) is 8.44. The van der Waals surface area contributed by atoms with Crippen LogP contribution in [0.25, 0.3) is 11.2 Å². The molecule has 214 valence electrons. The van der Waals surface area contributed by atoms with Crippen LogP contribution >= 0.6 is 8.53 Å². The van der Waals surface area contributed by atoms with Gasteiger partial charge in [0.25, 0.3) is 5.91 Å². The fraction of sp³-hybridized carbons (Fsp3) is 0.519. The zero-order chi connectivity index (χ0) is 28.4. The highest BCUT2D eigenvalue weighted by Gasteiger charge is 2.62.